The molecule has 110 valence electrons. The molecule has 0 atom stereocenters. The summed E-state index contributed by atoms with van der Waals surface area (Å²) in [6, 6.07) is 0. The van der Waals surface area contributed by atoms with E-state index in [2.05, 4.69) is 0 Å². The van der Waals surface area contributed by atoms with Crippen LogP contribution in [-0.4, -0.2) is 44.4 Å². The third-order valence-electron chi connectivity index (χ3n) is 1.79. The van der Waals surface area contributed by atoms with Gasteiger partial charge in [0.15, 0.2) is 0 Å². The molecule has 0 saturated carbocycles. The van der Waals surface area contributed by atoms with Crippen LogP contribution in [0.2, 0.25) is 0 Å². The molecule has 0 aliphatic rings. The molecule has 0 aliphatic heterocycles. The Balaban J connectivity index is 4.53. The van der Waals surface area contributed by atoms with Gasteiger partial charge in [0.2, 0.25) is 0 Å². The predicted octanol–water partition coefficient (Wildman–Crippen LogP) is 3.44. The minimum atomic E-state index is -3.09. The van der Waals surface area contributed by atoms with Gasteiger partial charge in [-0.25, -0.2) is 4.67 Å². The van der Waals surface area contributed by atoms with E-state index in [1.165, 1.54) is 0 Å². The summed E-state index contributed by atoms with van der Waals surface area (Å²) in [7, 11) is -2.51. The number of hydrogen-bond donors (Lipinski definition) is 0. The zero-order valence-corrected chi connectivity index (χ0v) is 13.7. The van der Waals surface area contributed by atoms with E-state index in [9.17, 15) is 4.57 Å². The van der Waals surface area contributed by atoms with Crippen LogP contribution in [0.15, 0.2) is 0 Å². The summed E-state index contributed by atoms with van der Waals surface area (Å²) in [4.78, 5) is 0. The molecule has 0 aromatic rings. The Kier molecular flexibility index (Phi) is 10.5. The van der Waals surface area contributed by atoms with Gasteiger partial charge in [-0.1, -0.05) is 0 Å². The van der Waals surface area contributed by atoms with Gasteiger partial charge in [-0.2, -0.15) is 0 Å². The fourth-order valence-corrected chi connectivity index (χ4v) is 4.58. The van der Waals surface area contributed by atoms with Gasteiger partial charge in [0, 0.05) is 0 Å². The van der Waals surface area contributed by atoms with Crippen molar-refractivity contribution in [2.45, 2.75) is 27.7 Å². The molecule has 0 spiro atoms. The van der Waals surface area contributed by atoms with Crippen LogP contribution in [0, 0.1) is 0 Å². The maximum absolute atomic E-state index is 12.3. The second kappa shape index (κ2) is 10.3. The monoisotopic (exact) mass is 301 g/mol. The van der Waals surface area contributed by atoms with E-state index in [1.54, 1.807) is 25.6 Å². The molecular formula is C10H25NO5P2. The molecule has 6 nitrogen and oxygen atoms in total. The Labute approximate surface area is 111 Å². The van der Waals surface area contributed by atoms with Crippen molar-refractivity contribution in [3.63, 3.8) is 0 Å². The Hall–Kier alpha value is 0.460. The second-order valence-corrected chi connectivity index (χ2v) is 7.01. The van der Waals surface area contributed by atoms with E-state index < -0.39 is 16.1 Å². The van der Waals surface area contributed by atoms with Crippen molar-refractivity contribution in [2.24, 2.45) is 0 Å². The second-order valence-electron chi connectivity index (χ2n) is 3.32. The first-order valence-electron chi connectivity index (χ1n) is 6.18. The van der Waals surface area contributed by atoms with Gasteiger partial charge in [0.25, 0.3) is 8.53 Å². The van der Waals surface area contributed by atoms with Crippen LogP contribution in [-0.2, 0) is 22.7 Å². The first-order valence-corrected chi connectivity index (χ1v) is 9.03. The van der Waals surface area contributed by atoms with E-state index >= 15 is 0 Å². The zero-order chi connectivity index (χ0) is 14.0. The summed E-state index contributed by atoms with van der Waals surface area (Å²) in [5.41, 5.74) is 0. The molecule has 0 rings (SSSR count). The van der Waals surface area contributed by atoms with Gasteiger partial charge in [0.1, 0.15) is 6.29 Å². The molecule has 0 heterocycles. The molecule has 0 unspecified atom stereocenters. The molecule has 0 amide bonds. The van der Waals surface area contributed by atoms with Gasteiger partial charge < -0.3 is 18.1 Å². The van der Waals surface area contributed by atoms with E-state index in [0.717, 1.165) is 0 Å². The minimum absolute atomic E-state index is 0.167. The van der Waals surface area contributed by atoms with Gasteiger partial charge in [-0.15, -0.1) is 0 Å². The SMILES string of the molecule is CCOP(OCC)N(C)CP(=O)(OCC)OCC. The van der Waals surface area contributed by atoms with Crippen LogP contribution >= 0.6 is 16.1 Å². The van der Waals surface area contributed by atoms with Crippen LogP contribution in [0.1, 0.15) is 27.7 Å². The standard InChI is InChI=1S/C10H25NO5P2/c1-6-13-17(14-7-2)11(5)10-18(12,15-8-3)16-9-4/h6-10H2,1-5H3. The number of rotatable bonds is 11. The summed E-state index contributed by atoms with van der Waals surface area (Å²) in [6.07, 6.45) is 0.167. The van der Waals surface area contributed by atoms with Gasteiger partial charge >= 0.3 is 7.60 Å². The first-order chi connectivity index (χ1) is 8.52. The Morgan fingerprint density at radius 1 is 0.944 bits per heavy atom. The Bertz CT molecular complexity index is 238. The van der Waals surface area contributed by atoms with E-state index in [0.29, 0.717) is 26.4 Å². The van der Waals surface area contributed by atoms with Gasteiger partial charge in [-0.05, 0) is 34.7 Å². The zero-order valence-electron chi connectivity index (χ0n) is 11.9. The predicted molar refractivity (Wildman–Crippen MR) is 73.7 cm³/mol. The highest BCUT2D eigenvalue weighted by Crippen LogP contribution is 2.53. The molecular weight excluding hydrogens is 276 g/mol. The van der Waals surface area contributed by atoms with Crippen molar-refractivity contribution < 1.29 is 22.7 Å². The largest absolute Gasteiger partial charge is 0.344 e. The minimum Gasteiger partial charge on any atom is -0.322 e. The summed E-state index contributed by atoms with van der Waals surface area (Å²) in [5.74, 6) is 0. The lowest BCUT2D eigenvalue weighted by atomic mass is 10.9. The van der Waals surface area contributed by atoms with E-state index in [1.807, 2.05) is 13.8 Å². The summed E-state index contributed by atoms with van der Waals surface area (Å²) in [5, 5.41) is 0. The summed E-state index contributed by atoms with van der Waals surface area (Å²) < 4.78 is 35.5. The highest BCUT2D eigenvalue weighted by Gasteiger charge is 2.30. The molecule has 0 fully saturated rings. The Morgan fingerprint density at radius 3 is 1.72 bits per heavy atom. The number of nitrogens with zero attached hydrogens (tertiary/aromatic N) is 1. The third-order valence-corrected chi connectivity index (χ3v) is 5.74. The van der Waals surface area contributed by atoms with Crippen molar-refractivity contribution in [1.82, 2.24) is 4.67 Å². The lowest BCUT2D eigenvalue weighted by molar-refractivity contribution is 0.200. The van der Waals surface area contributed by atoms with Gasteiger partial charge in [-0.3, -0.25) is 4.57 Å². The fraction of sp³-hybridized carbons (Fsp3) is 1.00. The summed E-state index contributed by atoms with van der Waals surface area (Å²) in [6.45, 7) is 9.17. The van der Waals surface area contributed by atoms with E-state index in [-0.39, 0.29) is 6.29 Å². The van der Waals surface area contributed by atoms with Crippen LogP contribution in [0.3, 0.4) is 0 Å². The van der Waals surface area contributed by atoms with Crippen molar-refractivity contribution in [3.8, 4) is 0 Å². The van der Waals surface area contributed by atoms with Crippen LogP contribution < -0.4 is 0 Å². The van der Waals surface area contributed by atoms with Crippen LogP contribution in [0.25, 0.3) is 0 Å². The third kappa shape index (κ3) is 7.15. The molecule has 8 heteroatoms. The van der Waals surface area contributed by atoms with Crippen molar-refractivity contribution >= 4 is 16.1 Å². The number of hydrogen-bond acceptors (Lipinski definition) is 6. The normalized spacial score (nSPS) is 12.6. The summed E-state index contributed by atoms with van der Waals surface area (Å²) >= 11 is 0. The molecule has 18 heavy (non-hydrogen) atoms. The molecule has 0 aromatic heterocycles. The highest BCUT2D eigenvalue weighted by molar-refractivity contribution is 7.55. The van der Waals surface area contributed by atoms with E-state index in [4.69, 9.17) is 18.1 Å². The molecule has 0 N–H and O–H groups in total. The topological polar surface area (TPSA) is 57.2 Å². The van der Waals surface area contributed by atoms with Gasteiger partial charge in [0.05, 0.1) is 26.4 Å². The molecule has 0 aromatic carbocycles. The molecule has 0 bridgehead atoms. The lowest BCUT2D eigenvalue weighted by Gasteiger charge is -2.28. The molecule has 0 radical (unpaired) electrons. The molecule has 0 saturated heterocycles. The van der Waals surface area contributed by atoms with Crippen LogP contribution in [0.5, 0.6) is 0 Å². The smallest absolute Gasteiger partial charge is 0.322 e. The van der Waals surface area contributed by atoms with Crippen molar-refractivity contribution in [2.75, 3.05) is 39.8 Å². The maximum atomic E-state index is 12.3. The Morgan fingerprint density at radius 2 is 1.39 bits per heavy atom. The quantitative estimate of drug-likeness (QED) is 0.545. The highest BCUT2D eigenvalue weighted by atomic mass is 31.2. The van der Waals surface area contributed by atoms with Crippen molar-refractivity contribution in [1.29, 1.82) is 0 Å². The first kappa shape index (κ1) is 18.5. The van der Waals surface area contributed by atoms with Crippen molar-refractivity contribution in [3.05, 3.63) is 0 Å². The lowest BCUT2D eigenvalue weighted by Crippen LogP contribution is -2.19. The van der Waals surface area contributed by atoms with Crippen LogP contribution in [0.4, 0.5) is 0 Å². The molecule has 0 aliphatic carbocycles. The fourth-order valence-electron chi connectivity index (χ4n) is 1.27. The average Bonchev–Trinajstić information content (AvgIpc) is 2.29. The maximum Gasteiger partial charge on any atom is 0.344 e. The average molecular weight is 301 g/mol.